The van der Waals surface area contributed by atoms with Gasteiger partial charge >= 0.3 is 5.97 Å². The number of nitrogens with one attached hydrogen (secondary N) is 1. The normalized spacial score (nSPS) is 13.4. The van der Waals surface area contributed by atoms with E-state index in [1.807, 2.05) is 12.1 Å². The molecule has 0 fully saturated rings. The van der Waals surface area contributed by atoms with Crippen LogP contribution in [0.25, 0.3) is 10.2 Å². The topological polar surface area (TPSA) is 90.1 Å². The molecule has 0 aliphatic heterocycles. The van der Waals surface area contributed by atoms with E-state index < -0.39 is 5.97 Å². The highest BCUT2D eigenvalue weighted by Crippen LogP contribution is 2.37. The number of fused-ring (bicyclic) bond motifs is 3. The zero-order valence-corrected chi connectivity index (χ0v) is 15.4. The van der Waals surface area contributed by atoms with Gasteiger partial charge in [-0.1, -0.05) is 12.1 Å². The second-order valence-corrected chi connectivity index (χ2v) is 7.37. The summed E-state index contributed by atoms with van der Waals surface area (Å²) in [5.41, 5.74) is 8.70. The monoisotopic (exact) mass is 368 g/mol. The van der Waals surface area contributed by atoms with Crippen LogP contribution < -0.4 is 11.1 Å². The lowest BCUT2D eigenvalue weighted by Crippen LogP contribution is -2.10. The first-order valence-corrected chi connectivity index (χ1v) is 9.49. The van der Waals surface area contributed by atoms with Crippen molar-refractivity contribution in [3.05, 3.63) is 46.1 Å². The summed E-state index contributed by atoms with van der Waals surface area (Å²) in [4.78, 5) is 23.6. The lowest BCUT2D eigenvalue weighted by molar-refractivity contribution is 0.0464. The molecule has 26 heavy (non-hydrogen) atoms. The zero-order chi connectivity index (χ0) is 18.1. The number of para-hydroxylation sites is 1. The highest BCUT2D eigenvalue weighted by atomic mass is 32.1. The SMILES string of the molecule is CNc1ccccc1C(=O)OCc1nc(N)c2c3c(sc2n1)CCCC3. The fraction of sp³-hybridized carbons (Fsp3) is 0.316. The predicted molar refractivity (Wildman–Crippen MR) is 104 cm³/mol. The summed E-state index contributed by atoms with van der Waals surface area (Å²) in [5, 5.41) is 3.97. The van der Waals surface area contributed by atoms with Crippen LogP contribution in [0, 0.1) is 0 Å². The average Bonchev–Trinajstić information content (AvgIpc) is 3.05. The number of rotatable bonds is 4. The molecule has 0 radical (unpaired) electrons. The molecule has 0 unspecified atom stereocenters. The summed E-state index contributed by atoms with van der Waals surface area (Å²) in [7, 11) is 1.77. The second-order valence-electron chi connectivity index (χ2n) is 6.29. The maximum absolute atomic E-state index is 12.4. The number of aromatic nitrogens is 2. The molecule has 0 amide bonds. The first-order valence-electron chi connectivity index (χ1n) is 8.68. The molecule has 3 aromatic rings. The van der Waals surface area contributed by atoms with Gasteiger partial charge < -0.3 is 15.8 Å². The summed E-state index contributed by atoms with van der Waals surface area (Å²) in [6.45, 7) is -0.000408. The van der Waals surface area contributed by atoms with Crippen LogP contribution in [0.15, 0.2) is 24.3 Å². The number of thiophene rings is 1. The Kier molecular flexibility index (Phi) is 4.46. The van der Waals surface area contributed by atoms with E-state index in [-0.39, 0.29) is 6.61 Å². The van der Waals surface area contributed by atoms with E-state index in [1.54, 1.807) is 30.5 Å². The molecule has 2 aromatic heterocycles. The molecule has 0 spiro atoms. The number of anilines is 2. The van der Waals surface area contributed by atoms with Crippen molar-refractivity contribution in [1.82, 2.24) is 9.97 Å². The Morgan fingerprint density at radius 3 is 2.92 bits per heavy atom. The van der Waals surface area contributed by atoms with E-state index in [2.05, 4.69) is 15.3 Å². The maximum atomic E-state index is 12.4. The van der Waals surface area contributed by atoms with Gasteiger partial charge in [0.2, 0.25) is 0 Å². The van der Waals surface area contributed by atoms with E-state index in [0.717, 1.165) is 28.7 Å². The second kappa shape index (κ2) is 6.92. The molecule has 1 aliphatic carbocycles. The number of hydrogen-bond donors (Lipinski definition) is 2. The van der Waals surface area contributed by atoms with Crippen molar-refractivity contribution in [2.24, 2.45) is 0 Å². The molecule has 0 atom stereocenters. The van der Waals surface area contributed by atoms with Gasteiger partial charge in [-0.15, -0.1) is 11.3 Å². The Bertz CT molecular complexity index is 983. The minimum atomic E-state index is -0.414. The fourth-order valence-electron chi connectivity index (χ4n) is 3.38. The first-order chi connectivity index (χ1) is 12.7. The van der Waals surface area contributed by atoms with Crippen LogP contribution in [0.1, 0.15) is 39.5 Å². The fourth-order valence-corrected chi connectivity index (χ4v) is 4.67. The standard InChI is InChI=1S/C19H20N4O2S/c1-21-13-8-4-2-6-11(13)19(24)25-10-15-22-17(20)16-12-7-3-5-9-14(12)26-18(16)23-15/h2,4,6,8,21H,3,5,7,9-10H2,1H3,(H2,20,22,23). The highest BCUT2D eigenvalue weighted by Gasteiger charge is 2.20. The van der Waals surface area contributed by atoms with Crippen LogP contribution in [0.2, 0.25) is 0 Å². The van der Waals surface area contributed by atoms with E-state index in [4.69, 9.17) is 10.5 Å². The van der Waals surface area contributed by atoms with Gasteiger partial charge in [-0.25, -0.2) is 14.8 Å². The van der Waals surface area contributed by atoms with Crippen molar-refractivity contribution < 1.29 is 9.53 Å². The van der Waals surface area contributed by atoms with Gasteiger partial charge in [0.1, 0.15) is 10.6 Å². The Morgan fingerprint density at radius 1 is 1.27 bits per heavy atom. The molecule has 0 saturated carbocycles. The molecule has 6 nitrogen and oxygen atoms in total. The number of carbonyl (C=O) groups is 1. The Hall–Kier alpha value is -2.67. The number of nitrogens with two attached hydrogens (primary N) is 1. The molecule has 7 heteroatoms. The number of aryl methyl sites for hydroxylation is 2. The molecule has 134 valence electrons. The minimum Gasteiger partial charge on any atom is -0.454 e. The molecule has 1 aliphatic rings. The summed E-state index contributed by atoms with van der Waals surface area (Å²) >= 11 is 1.68. The van der Waals surface area contributed by atoms with Gasteiger partial charge in [0.15, 0.2) is 12.4 Å². The van der Waals surface area contributed by atoms with Crippen molar-refractivity contribution in [3.63, 3.8) is 0 Å². The van der Waals surface area contributed by atoms with Crippen LogP contribution in [0.4, 0.5) is 11.5 Å². The van der Waals surface area contributed by atoms with Gasteiger partial charge in [-0.05, 0) is 43.4 Å². The minimum absolute atomic E-state index is 0.000408. The smallest absolute Gasteiger partial charge is 0.340 e. The third kappa shape index (κ3) is 2.99. The quantitative estimate of drug-likeness (QED) is 0.685. The summed E-state index contributed by atoms with van der Waals surface area (Å²) in [6.07, 6.45) is 4.52. The van der Waals surface area contributed by atoms with Crippen molar-refractivity contribution >= 4 is 39.0 Å². The van der Waals surface area contributed by atoms with E-state index in [9.17, 15) is 4.79 Å². The van der Waals surface area contributed by atoms with Crippen LogP contribution in [-0.4, -0.2) is 23.0 Å². The number of nitrogen functional groups attached to an aromatic ring is 1. The predicted octanol–water partition coefficient (Wildman–Crippen LogP) is 3.55. The number of carbonyl (C=O) groups excluding carboxylic acids is 1. The van der Waals surface area contributed by atoms with E-state index >= 15 is 0 Å². The average molecular weight is 368 g/mol. The largest absolute Gasteiger partial charge is 0.454 e. The number of nitrogens with zero attached hydrogens (tertiary/aromatic N) is 2. The van der Waals surface area contributed by atoms with Gasteiger partial charge in [0.25, 0.3) is 0 Å². The summed E-state index contributed by atoms with van der Waals surface area (Å²) in [5.74, 6) is 0.502. The molecular formula is C19H20N4O2S. The summed E-state index contributed by atoms with van der Waals surface area (Å²) in [6, 6.07) is 7.21. The van der Waals surface area contributed by atoms with Crippen LogP contribution in [0.3, 0.4) is 0 Å². The van der Waals surface area contributed by atoms with E-state index in [1.165, 1.54) is 23.3 Å². The van der Waals surface area contributed by atoms with Gasteiger partial charge in [0.05, 0.1) is 10.9 Å². The van der Waals surface area contributed by atoms with Crippen LogP contribution >= 0.6 is 11.3 Å². The lowest BCUT2D eigenvalue weighted by atomic mass is 9.97. The van der Waals surface area contributed by atoms with Crippen molar-refractivity contribution in [2.45, 2.75) is 32.3 Å². The van der Waals surface area contributed by atoms with Gasteiger partial charge in [0, 0.05) is 17.6 Å². The first kappa shape index (κ1) is 16.8. The highest BCUT2D eigenvalue weighted by molar-refractivity contribution is 7.19. The van der Waals surface area contributed by atoms with Crippen molar-refractivity contribution in [3.8, 4) is 0 Å². The molecule has 0 bridgehead atoms. The molecule has 4 rings (SSSR count). The van der Waals surface area contributed by atoms with Gasteiger partial charge in [-0.2, -0.15) is 0 Å². The molecular weight excluding hydrogens is 348 g/mol. The Labute approximate surface area is 155 Å². The number of benzene rings is 1. The summed E-state index contributed by atoms with van der Waals surface area (Å²) < 4.78 is 5.41. The molecule has 1 aromatic carbocycles. The van der Waals surface area contributed by atoms with E-state index in [0.29, 0.717) is 17.2 Å². The molecule has 0 saturated heterocycles. The number of hydrogen-bond acceptors (Lipinski definition) is 7. The number of esters is 1. The zero-order valence-electron chi connectivity index (χ0n) is 14.5. The third-order valence-electron chi connectivity index (χ3n) is 4.64. The van der Waals surface area contributed by atoms with Gasteiger partial charge in [-0.3, -0.25) is 0 Å². The lowest BCUT2D eigenvalue weighted by Gasteiger charge is -2.11. The Balaban J connectivity index is 1.57. The van der Waals surface area contributed by atoms with Crippen molar-refractivity contribution in [2.75, 3.05) is 18.1 Å². The van der Waals surface area contributed by atoms with Crippen LogP contribution in [0.5, 0.6) is 0 Å². The Morgan fingerprint density at radius 2 is 2.08 bits per heavy atom. The third-order valence-corrected chi connectivity index (χ3v) is 5.82. The molecule has 2 heterocycles. The van der Waals surface area contributed by atoms with Crippen LogP contribution in [-0.2, 0) is 24.2 Å². The molecule has 3 N–H and O–H groups in total. The maximum Gasteiger partial charge on any atom is 0.340 e. The number of ether oxygens (including phenoxy) is 1. The van der Waals surface area contributed by atoms with Crippen molar-refractivity contribution in [1.29, 1.82) is 0 Å².